The lowest BCUT2D eigenvalue weighted by Gasteiger charge is -2.02. The lowest BCUT2D eigenvalue weighted by Crippen LogP contribution is -1.96. The van der Waals surface area contributed by atoms with Crippen molar-refractivity contribution in [1.29, 1.82) is 0 Å². The molecule has 3 aromatic rings. The summed E-state index contributed by atoms with van der Waals surface area (Å²) in [6.45, 7) is 0. The molecule has 0 saturated heterocycles. The third-order valence-corrected chi connectivity index (χ3v) is 3.09. The number of oxazole rings is 1. The molecule has 3 rings (SSSR count). The van der Waals surface area contributed by atoms with E-state index in [4.69, 9.17) is 9.52 Å². The zero-order chi connectivity index (χ0) is 14.1. The number of aromatic nitrogens is 1. The van der Waals surface area contributed by atoms with E-state index in [2.05, 4.69) is 4.98 Å². The van der Waals surface area contributed by atoms with Gasteiger partial charge in [-0.2, -0.15) is 0 Å². The van der Waals surface area contributed by atoms with Crippen LogP contribution in [0.25, 0.3) is 11.1 Å². The van der Waals surface area contributed by atoms with Crippen molar-refractivity contribution < 1.29 is 14.3 Å². The normalized spacial score (nSPS) is 10.8. The van der Waals surface area contributed by atoms with Gasteiger partial charge in [0.2, 0.25) is 0 Å². The molecule has 1 aromatic heterocycles. The Morgan fingerprint density at radius 1 is 1.10 bits per heavy atom. The van der Waals surface area contributed by atoms with E-state index in [0.29, 0.717) is 17.5 Å². The first-order valence-corrected chi connectivity index (χ1v) is 6.06. The van der Waals surface area contributed by atoms with Gasteiger partial charge in [0.15, 0.2) is 5.58 Å². The van der Waals surface area contributed by atoms with E-state index in [1.165, 1.54) is 0 Å². The zero-order valence-corrected chi connectivity index (χ0v) is 10.4. The van der Waals surface area contributed by atoms with Crippen LogP contribution in [0.15, 0.2) is 51.7 Å². The molecule has 0 aliphatic heterocycles. The molecule has 0 bridgehead atoms. The Bertz CT molecular complexity index is 827. The van der Waals surface area contributed by atoms with Crippen LogP contribution in [-0.2, 0) is 6.42 Å². The summed E-state index contributed by atoms with van der Waals surface area (Å²) < 4.78 is 4.94. The van der Waals surface area contributed by atoms with Gasteiger partial charge in [-0.15, -0.1) is 0 Å². The summed E-state index contributed by atoms with van der Waals surface area (Å²) in [6, 6.07) is 12.2. The van der Waals surface area contributed by atoms with Gasteiger partial charge in [0.05, 0.1) is 11.1 Å². The Kier molecular flexibility index (Phi) is 2.87. The number of carbonyl (C=O) groups is 1. The van der Waals surface area contributed by atoms with Gasteiger partial charge in [-0.25, -0.2) is 9.59 Å². The van der Waals surface area contributed by atoms with E-state index < -0.39 is 11.7 Å². The number of carboxylic acid groups (broad SMARTS) is 1. The van der Waals surface area contributed by atoms with Crippen LogP contribution in [0.1, 0.15) is 21.5 Å². The summed E-state index contributed by atoms with van der Waals surface area (Å²) in [4.78, 5) is 24.5. The molecule has 0 spiro atoms. The molecule has 0 amide bonds. The van der Waals surface area contributed by atoms with Gasteiger partial charge in [-0.05, 0) is 41.8 Å². The molecule has 0 aliphatic carbocycles. The van der Waals surface area contributed by atoms with Crippen molar-refractivity contribution in [2.45, 2.75) is 6.42 Å². The van der Waals surface area contributed by atoms with E-state index >= 15 is 0 Å². The fraction of sp³-hybridized carbons (Fsp3) is 0.0667. The fourth-order valence-corrected chi connectivity index (χ4v) is 2.11. The number of nitrogens with one attached hydrogen (secondary N) is 1. The summed E-state index contributed by atoms with van der Waals surface area (Å²) in [6.07, 6.45) is 0.656. The van der Waals surface area contributed by atoms with E-state index in [-0.39, 0.29) is 5.56 Å². The van der Waals surface area contributed by atoms with Crippen LogP contribution in [0.5, 0.6) is 0 Å². The van der Waals surface area contributed by atoms with Crippen molar-refractivity contribution in [2.24, 2.45) is 0 Å². The predicted octanol–water partition coefficient (Wildman–Crippen LogP) is 2.41. The molecule has 20 heavy (non-hydrogen) atoms. The van der Waals surface area contributed by atoms with E-state index in [1.807, 2.05) is 12.1 Å². The average Bonchev–Trinajstić information content (AvgIpc) is 2.78. The molecule has 5 nitrogen and oxygen atoms in total. The molecule has 5 heteroatoms. The van der Waals surface area contributed by atoms with E-state index in [1.54, 1.807) is 30.3 Å². The van der Waals surface area contributed by atoms with Gasteiger partial charge in [0.1, 0.15) is 0 Å². The third-order valence-electron chi connectivity index (χ3n) is 3.09. The van der Waals surface area contributed by atoms with E-state index in [0.717, 1.165) is 11.1 Å². The minimum Gasteiger partial charge on any atom is -0.478 e. The second-order valence-corrected chi connectivity index (χ2v) is 4.52. The summed E-state index contributed by atoms with van der Waals surface area (Å²) in [5.74, 6) is -1.41. The monoisotopic (exact) mass is 269 g/mol. The summed E-state index contributed by atoms with van der Waals surface area (Å²) in [5.41, 5.74) is 3.47. The maximum Gasteiger partial charge on any atom is 0.417 e. The van der Waals surface area contributed by atoms with Crippen LogP contribution < -0.4 is 5.76 Å². The Labute approximate surface area is 113 Å². The van der Waals surface area contributed by atoms with Gasteiger partial charge in [-0.3, -0.25) is 4.98 Å². The molecule has 0 aliphatic rings. The Hall–Kier alpha value is -2.82. The summed E-state index contributed by atoms with van der Waals surface area (Å²) in [5, 5.41) is 8.84. The van der Waals surface area contributed by atoms with Crippen LogP contribution >= 0.6 is 0 Å². The van der Waals surface area contributed by atoms with Crippen molar-refractivity contribution in [1.82, 2.24) is 4.98 Å². The highest BCUT2D eigenvalue weighted by atomic mass is 16.4. The number of benzene rings is 2. The number of carboxylic acids is 1. The van der Waals surface area contributed by atoms with Crippen LogP contribution in [0.3, 0.4) is 0 Å². The van der Waals surface area contributed by atoms with Crippen LogP contribution in [0, 0.1) is 0 Å². The first kappa shape index (κ1) is 12.2. The van der Waals surface area contributed by atoms with Crippen molar-refractivity contribution in [3.63, 3.8) is 0 Å². The second-order valence-electron chi connectivity index (χ2n) is 4.52. The van der Waals surface area contributed by atoms with Gasteiger partial charge in [0.25, 0.3) is 0 Å². The minimum absolute atomic E-state index is 0.267. The zero-order valence-electron chi connectivity index (χ0n) is 10.4. The van der Waals surface area contributed by atoms with Crippen molar-refractivity contribution in [2.75, 3.05) is 0 Å². The molecule has 0 saturated carbocycles. The summed E-state index contributed by atoms with van der Waals surface area (Å²) >= 11 is 0. The molecule has 100 valence electrons. The van der Waals surface area contributed by atoms with Gasteiger partial charge in [0, 0.05) is 0 Å². The smallest absolute Gasteiger partial charge is 0.417 e. The first-order chi connectivity index (χ1) is 9.61. The quantitative estimate of drug-likeness (QED) is 0.764. The van der Waals surface area contributed by atoms with Gasteiger partial charge in [-0.1, -0.05) is 18.2 Å². The third kappa shape index (κ3) is 2.33. The number of rotatable bonds is 3. The van der Waals surface area contributed by atoms with Crippen LogP contribution in [-0.4, -0.2) is 16.1 Å². The highest BCUT2D eigenvalue weighted by Crippen LogP contribution is 2.16. The molecular formula is C15H11NO4. The number of fused-ring (bicyclic) bond motifs is 1. The van der Waals surface area contributed by atoms with Crippen molar-refractivity contribution in [3.8, 4) is 0 Å². The van der Waals surface area contributed by atoms with Gasteiger partial charge >= 0.3 is 11.7 Å². The molecule has 1 heterocycles. The first-order valence-electron chi connectivity index (χ1n) is 6.06. The number of hydrogen-bond donors (Lipinski definition) is 2. The largest absolute Gasteiger partial charge is 0.478 e. The molecule has 0 radical (unpaired) electrons. The number of aromatic carboxylic acids is 1. The highest BCUT2D eigenvalue weighted by Gasteiger charge is 2.05. The number of H-pyrrole nitrogens is 1. The van der Waals surface area contributed by atoms with E-state index in [9.17, 15) is 9.59 Å². The molecule has 2 aromatic carbocycles. The topological polar surface area (TPSA) is 83.3 Å². The molecular weight excluding hydrogens is 258 g/mol. The molecule has 0 unspecified atom stereocenters. The van der Waals surface area contributed by atoms with Crippen molar-refractivity contribution in [3.05, 3.63) is 69.7 Å². The van der Waals surface area contributed by atoms with Crippen molar-refractivity contribution >= 4 is 17.1 Å². The number of aromatic amines is 1. The second kappa shape index (κ2) is 4.70. The highest BCUT2D eigenvalue weighted by molar-refractivity contribution is 5.87. The molecule has 0 fully saturated rings. The van der Waals surface area contributed by atoms with Crippen LogP contribution in [0.2, 0.25) is 0 Å². The molecule has 0 atom stereocenters. The lowest BCUT2D eigenvalue weighted by atomic mass is 10.0. The Balaban J connectivity index is 1.88. The predicted molar refractivity (Wildman–Crippen MR) is 73.0 cm³/mol. The Morgan fingerprint density at radius 2 is 1.80 bits per heavy atom. The average molecular weight is 269 g/mol. The van der Waals surface area contributed by atoms with Gasteiger partial charge < -0.3 is 9.52 Å². The lowest BCUT2D eigenvalue weighted by molar-refractivity contribution is 0.0697. The maximum atomic E-state index is 11.1. The Morgan fingerprint density at radius 3 is 2.50 bits per heavy atom. The maximum absolute atomic E-state index is 11.1. The van der Waals surface area contributed by atoms with Crippen LogP contribution in [0.4, 0.5) is 0 Å². The minimum atomic E-state index is -0.936. The fourth-order valence-electron chi connectivity index (χ4n) is 2.11. The standard InChI is InChI=1S/C15H11NO4/c17-14(18)11-4-1-9(2-5-11)7-10-3-6-13-12(8-10)16-15(19)20-13/h1-6,8H,7H2,(H,16,19)(H,17,18). The SMILES string of the molecule is O=C(O)c1ccc(Cc2ccc3oc(=O)[nH]c3c2)cc1. The summed E-state index contributed by atoms with van der Waals surface area (Å²) in [7, 11) is 0. The number of hydrogen-bond acceptors (Lipinski definition) is 3. The molecule has 2 N–H and O–H groups in total.